The molecule has 1 N–H and O–H groups in total. The van der Waals surface area contributed by atoms with Gasteiger partial charge in [-0.3, -0.25) is 8.97 Å². The van der Waals surface area contributed by atoms with Gasteiger partial charge in [-0.15, -0.1) is 0 Å². The number of rotatable bonds is 9. The number of aliphatic hydroxyl groups is 1. The van der Waals surface area contributed by atoms with Crippen molar-refractivity contribution >= 4 is 16.8 Å². The van der Waals surface area contributed by atoms with Gasteiger partial charge in [-0.25, -0.2) is 19.3 Å². The number of hydrogen-bond acceptors (Lipinski definition) is 8. The molecular weight excluding hydrogens is 565 g/mol. The standard InChI is InChI=1S/C33H30FN5O5/c1-41-24-12-8-22(9-13-24)33(21-6-4-3-5-7-21,23-10-14-25(42-2)15-11-23)43-18-26-29(40)27(34)32(44-26)39-20-36-28-30-35-16-17-38(30)19-37-31(28)39/h3-17,19-20,26-27,29,32,40H,18H2,1-2H3/t26-,27+,29-,32-/m1/s1. The SMILES string of the molecule is COc1ccc(C(OC[C@H]2O[C@@H](n3cnc4c3ncn3ccnc43)[C@@H](F)[C@@H]2O)(c2ccccc2)c2ccc(OC)cc2)cc1. The van der Waals surface area contributed by atoms with E-state index in [0.29, 0.717) is 28.3 Å². The van der Waals surface area contributed by atoms with E-state index >= 15 is 4.39 Å². The molecule has 1 saturated heterocycles. The third-order valence-corrected chi connectivity index (χ3v) is 8.16. The molecule has 1 fully saturated rings. The molecule has 4 atom stereocenters. The van der Waals surface area contributed by atoms with Crippen molar-refractivity contribution in [3.05, 3.63) is 121 Å². The van der Waals surface area contributed by atoms with E-state index in [9.17, 15) is 5.11 Å². The van der Waals surface area contributed by atoms with Crippen molar-refractivity contribution < 1.29 is 28.4 Å². The third-order valence-electron chi connectivity index (χ3n) is 8.16. The lowest BCUT2D eigenvalue weighted by atomic mass is 9.80. The van der Waals surface area contributed by atoms with Crippen LogP contribution in [0.3, 0.4) is 0 Å². The number of aromatic nitrogens is 5. The van der Waals surface area contributed by atoms with E-state index in [-0.39, 0.29) is 6.61 Å². The first-order valence-corrected chi connectivity index (χ1v) is 14.1. The molecule has 0 unspecified atom stereocenters. The average Bonchev–Trinajstić information content (AvgIpc) is 3.80. The highest BCUT2D eigenvalue weighted by Gasteiger charge is 2.48. The second-order valence-corrected chi connectivity index (χ2v) is 10.5. The molecule has 3 aromatic heterocycles. The van der Waals surface area contributed by atoms with Gasteiger partial charge in [-0.2, -0.15) is 0 Å². The first kappa shape index (κ1) is 28.0. The Kier molecular flexibility index (Phi) is 7.21. The molecule has 1 aliphatic heterocycles. The number of methoxy groups -OCH3 is 2. The number of benzene rings is 3. The van der Waals surface area contributed by atoms with E-state index in [1.807, 2.05) is 78.9 Å². The van der Waals surface area contributed by atoms with Crippen LogP contribution in [-0.2, 0) is 15.1 Å². The molecule has 7 rings (SSSR count). The summed E-state index contributed by atoms with van der Waals surface area (Å²) >= 11 is 0. The molecule has 6 aromatic rings. The zero-order valence-corrected chi connectivity index (χ0v) is 24.0. The Morgan fingerprint density at radius 1 is 0.818 bits per heavy atom. The summed E-state index contributed by atoms with van der Waals surface area (Å²) in [6.07, 6.45) is 1.06. The molecule has 1 aliphatic rings. The van der Waals surface area contributed by atoms with Crippen LogP contribution in [0.4, 0.5) is 4.39 Å². The quantitative estimate of drug-likeness (QED) is 0.240. The molecule has 10 nitrogen and oxygen atoms in total. The Morgan fingerprint density at radius 2 is 1.45 bits per heavy atom. The number of alkyl halides is 1. The number of hydrogen-bond donors (Lipinski definition) is 1. The molecule has 0 bridgehead atoms. The zero-order chi connectivity index (χ0) is 30.3. The largest absolute Gasteiger partial charge is 0.497 e. The van der Waals surface area contributed by atoms with Crippen molar-refractivity contribution in [2.45, 2.75) is 30.2 Å². The van der Waals surface area contributed by atoms with Gasteiger partial charge in [0.1, 0.15) is 35.6 Å². The van der Waals surface area contributed by atoms with Crippen LogP contribution in [0.25, 0.3) is 16.8 Å². The molecule has 0 saturated carbocycles. The molecule has 0 radical (unpaired) electrons. The third kappa shape index (κ3) is 4.57. The highest BCUT2D eigenvalue weighted by Crippen LogP contribution is 2.43. The Balaban J connectivity index is 1.26. The molecule has 0 spiro atoms. The zero-order valence-electron chi connectivity index (χ0n) is 24.0. The van der Waals surface area contributed by atoms with E-state index in [1.165, 1.54) is 10.9 Å². The maximum absolute atomic E-state index is 15.8. The number of aliphatic hydroxyl groups excluding tert-OH is 1. The van der Waals surface area contributed by atoms with Crippen LogP contribution in [0.2, 0.25) is 0 Å². The summed E-state index contributed by atoms with van der Waals surface area (Å²) in [5.74, 6) is 1.38. The van der Waals surface area contributed by atoms with Crippen LogP contribution in [0, 0.1) is 0 Å². The maximum Gasteiger partial charge on any atom is 0.173 e. The normalized spacial score (nSPS) is 20.4. The van der Waals surface area contributed by atoms with Crippen LogP contribution in [-0.4, -0.2) is 68.2 Å². The highest BCUT2D eigenvalue weighted by molar-refractivity contribution is 5.85. The van der Waals surface area contributed by atoms with Crippen molar-refractivity contribution in [1.82, 2.24) is 23.9 Å². The molecule has 0 amide bonds. The number of halogens is 1. The van der Waals surface area contributed by atoms with E-state index < -0.39 is 30.2 Å². The van der Waals surface area contributed by atoms with Crippen molar-refractivity contribution in [2.24, 2.45) is 0 Å². The fraction of sp³-hybridized carbons (Fsp3) is 0.242. The fourth-order valence-corrected chi connectivity index (χ4v) is 5.88. The minimum atomic E-state index is -1.76. The van der Waals surface area contributed by atoms with Crippen molar-refractivity contribution in [3.63, 3.8) is 0 Å². The van der Waals surface area contributed by atoms with Crippen molar-refractivity contribution in [1.29, 1.82) is 0 Å². The Labute approximate surface area is 252 Å². The Bertz CT molecular complexity index is 1830. The number of nitrogens with zero attached hydrogens (tertiary/aromatic N) is 5. The van der Waals surface area contributed by atoms with Gasteiger partial charge in [0, 0.05) is 12.4 Å². The van der Waals surface area contributed by atoms with Gasteiger partial charge >= 0.3 is 0 Å². The first-order chi connectivity index (χ1) is 21.5. The lowest BCUT2D eigenvalue weighted by Gasteiger charge is -2.37. The van der Waals surface area contributed by atoms with Gasteiger partial charge in [0.25, 0.3) is 0 Å². The summed E-state index contributed by atoms with van der Waals surface area (Å²) in [4.78, 5) is 13.2. The van der Waals surface area contributed by atoms with Gasteiger partial charge in [0.2, 0.25) is 0 Å². The highest BCUT2D eigenvalue weighted by atomic mass is 19.1. The van der Waals surface area contributed by atoms with Gasteiger partial charge < -0.3 is 24.1 Å². The van der Waals surface area contributed by atoms with E-state index in [4.69, 9.17) is 18.9 Å². The van der Waals surface area contributed by atoms with E-state index in [0.717, 1.165) is 16.7 Å². The predicted octanol–water partition coefficient (Wildman–Crippen LogP) is 4.70. The van der Waals surface area contributed by atoms with Crippen LogP contribution in [0.15, 0.2) is 104 Å². The summed E-state index contributed by atoms with van der Waals surface area (Å²) in [6, 6.07) is 24.9. The van der Waals surface area contributed by atoms with Crippen LogP contribution in [0.5, 0.6) is 11.5 Å². The minimum absolute atomic E-state index is 0.129. The van der Waals surface area contributed by atoms with E-state index in [2.05, 4.69) is 15.0 Å². The van der Waals surface area contributed by atoms with Gasteiger partial charge in [-0.05, 0) is 41.0 Å². The topological polar surface area (TPSA) is 105 Å². The Hall–Kier alpha value is -4.84. The lowest BCUT2D eigenvalue weighted by Crippen LogP contribution is -2.39. The maximum atomic E-state index is 15.8. The smallest absolute Gasteiger partial charge is 0.173 e. The predicted molar refractivity (Wildman–Crippen MR) is 159 cm³/mol. The van der Waals surface area contributed by atoms with Crippen LogP contribution < -0.4 is 9.47 Å². The van der Waals surface area contributed by atoms with Crippen LogP contribution in [0.1, 0.15) is 22.9 Å². The molecule has 224 valence electrons. The minimum Gasteiger partial charge on any atom is -0.497 e. The molecule has 44 heavy (non-hydrogen) atoms. The fourth-order valence-electron chi connectivity index (χ4n) is 5.88. The second kappa shape index (κ2) is 11.3. The van der Waals surface area contributed by atoms with Gasteiger partial charge in [0.05, 0.1) is 27.2 Å². The van der Waals surface area contributed by atoms with E-state index in [1.54, 1.807) is 37.3 Å². The second-order valence-electron chi connectivity index (χ2n) is 10.5. The number of ether oxygens (including phenoxy) is 4. The summed E-state index contributed by atoms with van der Waals surface area (Å²) < 4.78 is 42.9. The molecule has 0 aliphatic carbocycles. The van der Waals surface area contributed by atoms with Crippen LogP contribution >= 0.6 is 0 Å². The van der Waals surface area contributed by atoms with Crippen molar-refractivity contribution in [3.8, 4) is 11.5 Å². The molecule has 11 heteroatoms. The monoisotopic (exact) mass is 595 g/mol. The summed E-state index contributed by atoms with van der Waals surface area (Å²) in [5.41, 5.74) is 2.80. The Morgan fingerprint density at radius 3 is 2.09 bits per heavy atom. The molecule has 3 aromatic carbocycles. The number of fused-ring (bicyclic) bond motifs is 3. The van der Waals surface area contributed by atoms with Gasteiger partial charge in [-0.1, -0.05) is 54.6 Å². The first-order valence-electron chi connectivity index (χ1n) is 14.1. The lowest BCUT2D eigenvalue weighted by molar-refractivity contribution is -0.0935. The number of imidazole rings is 2. The average molecular weight is 596 g/mol. The summed E-state index contributed by atoms with van der Waals surface area (Å²) in [5, 5.41) is 11.1. The summed E-state index contributed by atoms with van der Waals surface area (Å²) in [7, 11) is 3.22. The van der Waals surface area contributed by atoms with Gasteiger partial charge in [0.15, 0.2) is 29.2 Å². The van der Waals surface area contributed by atoms with Crippen molar-refractivity contribution in [2.75, 3.05) is 20.8 Å². The summed E-state index contributed by atoms with van der Waals surface area (Å²) in [6.45, 7) is -0.129. The molecule has 4 heterocycles. The molecular formula is C33H30FN5O5.